The Balaban J connectivity index is 1.44. The molecule has 1 aliphatic rings. The molecule has 1 N–H and O–H groups in total. The van der Waals surface area contributed by atoms with E-state index in [-0.39, 0.29) is 29.3 Å². The number of carbonyl (C=O) groups is 1. The number of anilines is 1. The van der Waals surface area contributed by atoms with E-state index in [1.54, 1.807) is 48.5 Å². The quantitative estimate of drug-likeness (QED) is 0.557. The van der Waals surface area contributed by atoms with E-state index in [4.69, 9.17) is 13.9 Å². The van der Waals surface area contributed by atoms with Crippen LogP contribution in [0.15, 0.2) is 57.8 Å². The zero-order valence-corrected chi connectivity index (χ0v) is 19.0. The van der Waals surface area contributed by atoms with Gasteiger partial charge in [-0.15, -0.1) is 5.10 Å². The number of ether oxygens (including phenoxy) is 2. The Hall–Kier alpha value is -3.44. The number of methoxy groups -OCH3 is 2. The molecule has 3 aromatic rings. The number of hydrogen-bond acceptors (Lipinski definition) is 8. The average molecular weight is 473 g/mol. The summed E-state index contributed by atoms with van der Waals surface area (Å²) in [5.74, 6) is 0.352. The number of rotatable bonds is 7. The molecule has 11 heteroatoms. The number of aromatic nitrogens is 2. The molecule has 1 amide bonds. The lowest BCUT2D eigenvalue weighted by Gasteiger charge is -2.30. The molecule has 0 unspecified atom stereocenters. The Morgan fingerprint density at radius 3 is 2.58 bits per heavy atom. The van der Waals surface area contributed by atoms with Crippen molar-refractivity contribution in [3.8, 4) is 23.0 Å². The molecule has 1 aromatic heterocycles. The van der Waals surface area contributed by atoms with Crippen LogP contribution in [0, 0.1) is 5.92 Å². The van der Waals surface area contributed by atoms with Crippen molar-refractivity contribution in [2.75, 3.05) is 32.6 Å². The van der Waals surface area contributed by atoms with E-state index in [1.165, 1.54) is 18.5 Å². The van der Waals surface area contributed by atoms with Gasteiger partial charge in [-0.2, -0.15) is 4.31 Å². The van der Waals surface area contributed by atoms with Crippen LogP contribution in [-0.4, -0.2) is 56.1 Å². The zero-order chi connectivity index (χ0) is 23.4. The van der Waals surface area contributed by atoms with Crippen molar-refractivity contribution in [3.63, 3.8) is 0 Å². The van der Waals surface area contributed by atoms with Gasteiger partial charge in [0.25, 0.3) is 0 Å². The number of nitrogens with zero attached hydrogens (tertiary/aromatic N) is 3. The highest BCUT2D eigenvalue weighted by Crippen LogP contribution is 2.32. The van der Waals surface area contributed by atoms with E-state index < -0.39 is 15.9 Å². The maximum absolute atomic E-state index is 12.9. The normalized spacial score (nSPS) is 16.8. The SMILES string of the molecule is COc1ccc(-c2nnc(NC(=O)[C@H]3CCCN(S(=O)(=O)c4ccccc4)C3)o2)cc1OC. The van der Waals surface area contributed by atoms with Crippen molar-refractivity contribution in [3.05, 3.63) is 48.5 Å². The fraction of sp³-hybridized carbons (Fsp3) is 0.318. The molecule has 1 saturated heterocycles. The van der Waals surface area contributed by atoms with Crippen molar-refractivity contribution in [2.24, 2.45) is 5.92 Å². The standard InChI is InChI=1S/C22H24N4O6S/c1-30-18-11-10-15(13-19(18)31-2)21-24-25-22(32-21)23-20(27)16-7-6-12-26(14-16)33(28,29)17-8-4-3-5-9-17/h3-5,8-11,13,16H,6-7,12,14H2,1-2H3,(H,23,25,27)/t16-/m0/s1. The summed E-state index contributed by atoms with van der Waals surface area (Å²) in [5, 5.41) is 10.5. The largest absolute Gasteiger partial charge is 0.493 e. The van der Waals surface area contributed by atoms with Gasteiger partial charge in [-0.25, -0.2) is 8.42 Å². The minimum absolute atomic E-state index is 0.0622. The van der Waals surface area contributed by atoms with Crippen LogP contribution in [0.3, 0.4) is 0 Å². The second kappa shape index (κ2) is 9.59. The van der Waals surface area contributed by atoms with Crippen LogP contribution >= 0.6 is 0 Å². The van der Waals surface area contributed by atoms with Crippen molar-refractivity contribution < 1.29 is 27.1 Å². The topological polar surface area (TPSA) is 124 Å². The van der Waals surface area contributed by atoms with Gasteiger partial charge in [-0.05, 0) is 43.2 Å². The highest BCUT2D eigenvalue weighted by atomic mass is 32.2. The molecule has 174 valence electrons. The number of hydrogen-bond donors (Lipinski definition) is 1. The summed E-state index contributed by atoms with van der Waals surface area (Å²) >= 11 is 0. The first-order valence-electron chi connectivity index (χ1n) is 10.3. The van der Waals surface area contributed by atoms with Crippen LogP contribution < -0.4 is 14.8 Å². The number of benzene rings is 2. The minimum atomic E-state index is -3.67. The summed E-state index contributed by atoms with van der Waals surface area (Å²) in [7, 11) is -0.608. The number of nitrogens with one attached hydrogen (secondary N) is 1. The first kappa shape index (κ1) is 22.7. The Morgan fingerprint density at radius 2 is 1.85 bits per heavy atom. The van der Waals surface area contributed by atoms with Gasteiger partial charge in [0, 0.05) is 18.7 Å². The van der Waals surface area contributed by atoms with Crippen LogP contribution in [-0.2, 0) is 14.8 Å². The number of sulfonamides is 1. The minimum Gasteiger partial charge on any atom is -0.493 e. The summed E-state index contributed by atoms with van der Waals surface area (Å²) in [6, 6.07) is 13.3. The molecule has 1 aliphatic heterocycles. The van der Waals surface area contributed by atoms with E-state index in [1.807, 2.05) is 0 Å². The molecule has 0 aliphatic carbocycles. The predicted molar refractivity (Wildman–Crippen MR) is 119 cm³/mol. The average Bonchev–Trinajstić information content (AvgIpc) is 3.32. The summed E-state index contributed by atoms with van der Waals surface area (Å²) in [6.45, 7) is 0.449. The van der Waals surface area contributed by atoms with Gasteiger partial charge in [0.1, 0.15) is 0 Å². The molecule has 0 bridgehead atoms. The summed E-state index contributed by atoms with van der Waals surface area (Å²) in [4.78, 5) is 13.0. The summed E-state index contributed by atoms with van der Waals surface area (Å²) in [6.07, 6.45) is 1.13. The zero-order valence-electron chi connectivity index (χ0n) is 18.2. The fourth-order valence-corrected chi connectivity index (χ4v) is 5.23. The Morgan fingerprint density at radius 1 is 1.09 bits per heavy atom. The van der Waals surface area contributed by atoms with Crippen molar-refractivity contribution in [1.82, 2.24) is 14.5 Å². The smallest absolute Gasteiger partial charge is 0.322 e. The Bertz CT molecular complexity index is 1230. The van der Waals surface area contributed by atoms with Gasteiger partial charge in [0.2, 0.25) is 21.8 Å². The van der Waals surface area contributed by atoms with Crippen molar-refractivity contribution in [2.45, 2.75) is 17.7 Å². The molecule has 2 heterocycles. The first-order chi connectivity index (χ1) is 15.9. The number of carbonyl (C=O) groups excluding carboxylic acids is 1. The highest BCUT2D eigenvalue weighted by Gasteiger charge is 2.33. The second-order valence-electron chi connectivity index (χ2n) is 7.49. The Labute approximate surface area is 191 Å². The van der Waals surface area contributed by atoms with E-state index in [0.29, 0.717) is 36.4 Å². The van der Waals surface area contributed by atoms with Gasteiger partial charge >= 0.3 is 6.01 Å². The van der Waals surface area contributed by atoms with Crippen LogP contribution in [0.1, 0.15) is 12.8 Å². The maximum Gasteiger partial charge on any atom is 0.322 e. The number of piperidine rings is 1. The third kappa shape index (κ3) is 4.83. The molecule has 1 fully saturated rings. The third-order valence-corrected chi connectivity index (χ3v) is 7.30. The van der Waals surface area contributed by atoms with E-state index >= 15 is 0 Å². The molecule has 0 radical (unpaired) electrons. The van der Waals surface area contributed by atoms with Crippen molar-refractivity contribution >= 4 is 21.9 Å². The van der Waals surface area contributed by atoms with E-state index in [0.717, 1.165) is 0 Å². The van der Waals surface area contributed by atoms with E-state index in [2.05, 4.69) is 15.5 Å². The molecular formula is C22H24N4O6S. The fourth-order valence-electron chi connectivity index (χ4n) is 3.68. The molecule has 1 atom stereocenters. The molecule has 33 heavy (non-hydrogen) atoms. The predicted octanol–water partition coefficient (Wildman–Crippen LogP) is 2.79. The van der Waals surface area contributed by atoms with Crippen LogP contribution in [0.25, 0.3) is 11.5 Å². The molecule has 0 spiro atoms. The van der Waals surface area contributed by atoms with Crippen LogP contribution in [0.4, 0.5) is 6.01 Å². The lowest BCUT2D eigenvalue weighted by molar-refractivity contribution is -0.121. The summed E-state index contributed by atoms with van der Waals surface area (Å²) in [5.41, 5.74) is 0.596. The van der Waals surface area contributed by atoms with Crippen LogP contribution in [0.5, 0.6) is 11.5 Å². The van der Waals surface area contributed by atoms with Gasteiger partial charge in [0.05, 0.1) is 25.0 Å². The van der Waals surface area contributed by atoms with Crippen LogP contribution in [0.2, 0.25) is 0 Å². The highest BCUT2D eigenvalue weighted by molar-refractivity contribution is 7.89. The van der Waals surface area contributed by atoms with Gasteiger partial charge in [-0.3, -0.25) is 10.1 Å². The monoisotopic (exact) mass is 472 g/mol. The van der Waals surface area contributed by atoms with Gasteiger partial charge in [0.15, 0.2) is 11.5 Å². The second-order valence-corrected chi connectivity index (χ2v) is 9.42. The Kier molecular flexibility index (Phi) is 6.61. The third-order valence-electron chi connectivity index (χ3n) is 5.42. The molecule has 0 saturated carbocycles. The van der Waals surface area contributed by atoms with E-state index in [9.17, 15) is 13.2 Å². The first-order valence-corrected chi connectivity index (χ1v) is 11.8. The van der Waals surface area contributed by atoms with Crippen molar-refractivity contribution in [1.29, 1.82) is 0 Å². The molecular weight excluding hydrogens is 448 g/mol. The summed E-state index contributed by atoms with van der Waals surface area (Å²) < 4.78 is 43.2. The lowest BCUT2D eigenvalue weighted by Crippen LogP contribution is -2.43. The van der Waals surface area contributed by atoms with Gasteiger partial charge in [-0.1, -0.05) is 23.3 Å². The molecule has 2 aromatic carbocycles. The van der Waals surface area contributed by atoms with Gasteiger partial charge < -0.3 is 13.9 Å². The maximum atomic E-state index is 12.9. The lowest BCUT2D eigenvalue weighted by atomic mass is 9.99. The number of amides is 1. The molecule has 4 rings (SSSR count). The molecule has 10 nitrogen and oxygen atoms in total.